The van der Waals surface area contributed by atoms with Crippen LogP contribution < -0.4 is 16.1 Å². The first-order chi connectivity index (χ1) is 18.5. The Kier molecular flexibility index (Phi) is 6.89. The van der Waals surface area contributed by atoms with Gasteiger partial charge in [0, 0.05) is 60.7 Å². The molecule has 1 aromatic heterocycles. The van der Waals surface area contributed by atoms with Crippen molar-refractivity contribution in [3.05, 3.63) is 104 Å². The zero-order valence-corrected chi connectivity index (χ0v) is 21.8. The van der Waals surface area contributed by atoms with Gasteiger partial charge in [-0.05, 0) is 65.6 Å². The highest BCUT2D eigenvalue weighted by atomic mass is 35.5. The number of aromatic nitrogens is 1. The van der Waals surface area contributed by atoms with E-state index in [1.165, 1.54) is 5.56 Å². The molecule has 4 aromatic rings. The predicted octanol–water partition coefficient (Wildman–Crippen LogP) is 4.37. The van der Waals surface area contributed by atoms with Crippen LogP contribution in [0.5, 0.6) is 0 Å². The highest BCUT2D eigenvalue weighted by Gasteiger charge is 2.19. The number of hydrogen-bond donors (Lipinski definition) is 2. The molecule has 0 saturated carbocycles. The number of carbonyl (C=O) groups is 1. The highest BCUT2D eigenvalue weighted by molar-refractivity contribution is 6.30. The van der Waals surface area contributed by atoms with Gasteiger partial charge >= 0.3 is 0 Å². The number of amides is 1. The largest absolute Gasteiger partial charge is 0.384 e. The Morgan fingerprint density at radius 2 is 1.79 bits per heavy atom. The first kappa shape index (κ1) is 24.7. The number of anilines is 1. The molecular formula is C30H29ClN4O3. The smallest absolute Gasteiger partial charge is 0.257 e. The fourth-order valence-corrected chi connectivity index (χ4v) is 5.32. The molecule has 8 heteroatoms. The molecule has 0 radical (unpaired) electrons. The molecule has 2 aliphatic rings. The summed E-state index contributed by atoms with van der Waals surface area (Å²) in [7, 11) is 0. The maximum atomic E-state index is 13.7. The van der Waals surface area contributed by atoms with Crippen LogP contribution in [0.4, 0.5) is 5.69 Å². The zero-order chi connectivity index (χ0) is 26.1. The maximum Gasteiger partial charge on any atom is 0.257 e. The summed E-state index contributed by atoms with van der Waals surface area (Å²) >= 11 is 5.99. The van der Waals surface area contributed by atoms with Gasteiger partial charge < -0.3 is 19.9 Å². The van der Waals surface area contributed by atoms with Crippen molar-refractivity contribution in [2.75, 3.05) is 38.2 Å². The molecule has 0 atom stereocenters. The Bertz CT molecular complexity index is 1560. The lowest BCUT2D eigenvalue weighted by Gasteiger charge is -2.26. The van der Waals surface area contributed by atoms with Crippen molar-refractivity contribution in [2.45, 2.75) is 19.5 Å². The molecule has 0 bridgehead atoms. The molecule has 0 aliphatic carbocycles. The SMILES string of the molecule is O=C(NCc1ccc(Cl)cc1)c1cn(-c2ccc3c(c2)CCN3)c2ccc(CN3CCOCC3)cc2c1=O. The van der Waals surface area contributed by atoms with Crippen LogP contribution in [0.15, 0.2) is 71.7 Å². The normalized spacial score (nSPS) is 15.3. The van der Waals surface area contributed by atoms with E-state index < -0.39 is 5.91 Å². The van der Waals surface area contributed by atoms with E-state index in [0.29, 0.717) is 30.2 Å². The van der Waals surface area contributed by atoms with E-state index >= 15 is 0 Å². The third-order valence-electron chi connectivity index (χ3n) is 7.27. The van der Waals surface area contributed by atoms with Crippen molar-refractivity contribution in [1.29, 1.82) is 0 Å². The Labute approximate surface area is 226 Å². The summed E-state index contributed by atoms with van der Waals surface area (Å²) in [4.78, 5) is 29.4. The summed E-state index contributed by atoms with van der Waals surface area (Å²) in [5, 5.41) is 7.47. The van der Waals surface area contributed by atoms with E-state index in [1.807, 2.05) is 34.9 Å². The van der Waals surface area contributed by atoms with Gasteiger partial charge in [-0.1, -0.05) is 29.8 Å². The Morgan fingerprint density at radius 3 is 2.61 bits per heavy atom. The van der Waals surface area contributed by atoms with Gasteiger partial charge in [0.05, 0.1) is 18.7 Å². The minimum absolute atomic E-state index is 0.119. The Balaban J connectivity index is 1.40. The second-order valence-electron chi connectivity index (χ2n) is 9.81. The third-order valence-corrected chi connectivity index (χ3v) is 7.52. The maximum absolute atomic E-state index is 13.7. The summed E-state index contributed by atoms with van der Waals surface area (Å²) < 4.78 is 7.44. The zero-order valence-electron chi connectivity index (χ0n) is 21.0. The number of ether oxygens (including phenoxy) is 1. The van der Waals surface area contributed by atoms with E-state index in [1.54, 1.807) is 18.3 Å². The van der Waals surface area contributed by atoms with E-state index in [4.69, 9.17) is 16.3 Å². The first-order valence-corrected chi connectivity index (χ1v) is 13.3. The van der Waals surface area contributed by atoms with Crippen molar-refractivity contribution in [3.63, 3.8) is 0 Å². The average Bonchev–Trinajstić information content (AvgIpc) is 3.42. The first-order valence-electron chi connectivity index (χ1n) is 12.9. The molecule has 0 spiro atoms. The van der Waals surface area contributed by atoms with Crippen molar-refractivity contribution in [2.24, 2.45) is 0 Å². The molecular weight excluding hydrogens is 500 g/mol. The molecule has 2 aliphatic heterocycles. The number of halogens is 1. The fourth-order valence-electron chi connectivity index (χ4n) is 5.19. The van der Waals surface area contributed by atoms with Crippen LogP contribution in [0, 0.1) is 0 Å². The molecule has 1 fully saturated rings. The number of fused-ring (bicyclic) bond motifs is 2. The number of benzene rings is 3. The molecule has 0 unspecified atom stereocenters. The topological polar surface area (TPSA) is 75.6 Å². The lowest BCUT2D eigenvalue weighted by atomic mass is 10.1. The molecule has 2 N–H and O–H groups in total. The van der Waals surface area contributed by atoms with Crippen LogP contribution in [0.1, 0.15) is 27.0 Å². The summed E-state index contributed by atoms with van der Waals surface area (Å²) in [5.74, 6) is -0.401. The van der Waals surface area contributed by atoms with E-state index in [-0.39, 0.29) is 11.0 Å². The van der Waals surface area contributed by atoms with Gasteiger partial charge in [-0.25, -0.2) is 0 Å². The monoisotopic (exact) mass is 528 g/mol. The number of carbonyl (C=O) groups excluding carboxylic acids is 1. The number of hydrogen-bond acceptors (Lipinski definition) is 5. The van der Waals surface area contributed by atoms with Crippen molar-refractivity contribution >= 4 is 34.1 Å². The second kappa shape index (κ2) is 10.6. The lowest BCUT2D eigenvalue weighted by molar-refractivity contribution is 0.0342. The van der Waals surface area contributed by atoms with E-state index in [2.05, 4.69) is 33.7 Å². The summed E-state index contributed by atoms with van der Waals surface area (Å²) in [6.07, 6.45) is 2.62. The minimum atomic E-state index is -0.401. The second-order valence-corrected chi connectivity index (χ2v) is 10.2. The molecule has 1 saturated heterocycles. The van der Waals surface area contributed by atoms with Crippen LogP contribution in [0.2, 0.25) is 5.02 Å². The van der Waals surface area contributed by atoms with Gasteiger partial charge in [-0.2, -0.15) is 0 Å². The van der Waals surface area contributed by atoms with Crippen LogP contribution in [-0.2, 0) is 24.2 Å². The van der Waals surface area contributed by atoms with Crippen LogP contribution >= 0.6 is 11.6 Å². The van der Waals surface area contributed by atoms with Crippen molar-refractivity contribution < 1.29 is 9.53 Å². The summed E-state index contributed by atoms with van der Waals surface area (Å²) in [6.45, 7) is 5.09. The fraction of sp³-hybridized carbons (Fsp3) is 0.267. The van der Waals surface area contributed by atoms with Crippen LogP contribution in [-0.4, -0.2) is 48.2 Å². The molecule has 194 valence electrons. The van der Waals surface area contributed by atoms with Gasteiger partial charge in [0.25, 0.3) is 5.91 Å². The number of rotatable bonds is 6. The predicted molar refractivity (Wildman–Crippen MR) is 150 cm³/mol. The van der Waals surface area contributed by atoms with Crippen molar-refractivity contribution in [3.8, 4) is 5.69 Å². The van der Waals surface area contributed by atoms with Gasteiger partial charge in [0.2, 0.25) is 5.43 Å². The van der Waals surface area contributed by atoms with Gasteiger partial charge in [-0.3, -0.25) is 14.5 Å². The summed E-state index contributed by atoms with van der Waals surface area (Å²) in [5.41, 5.74) is 5.86. The third kappa shape index (κ3) is 5.05. The summed E-state index contributed by atoms with van der Waals surface area (Å²) in [6, 6.07) is 19.5. The number of morpholine rings is 1. The highest BCUT2D eigenvalue weighted by Crippen LogP contribution is 2.27. The molecule has 3 heterocycles. The van der Waals surface area contributed by atoms with Crippen molar-refractivity contribution in [1.82, 2.24) is 14.8 Å². The van der Waals surface area contributed by atoms with Gasteiger partial charge in [-0.15, -0.1) is 0 Å². The average molecular weight is 529 g/mol. The van der Waals surface area contributed by atoms with Gasteiger partial charge in [0.1, 0.15) is 5.56 Å². The Hall–Kier alpha value is -3.65. The van der Waals surface area contributed by atoms with Gasteiger partial charge in [0.15, 0.2) is 0 Å². The number of nitrogens with zero attached hydrogens (tertiary/aromatic N) is 2. The molecule has 38 heavy (non-hydrogen) atoms. The van der Waals surface area contributed by atoms with Crippen LogP contribution in [0.3, 0.4) is 0 Å². The molecule has 7 nitrogen and oxygen atoms in total. The van der Waals surface area contributed by atoms with E-state index in [9.17, 15) is 9.59 Å². The molecule has 3 aromatic carbocycles. The minimum Gasteiger partial charge on any atom is -0.384 e. The molecule has 6 rings (SSSR count). The lowest BCUT2D eigenvalue weighted by Crippen LogP contribution is -2.35. The van der Waals surface area contributed by atoms with E-state index in [0.717, 1.165) is 60.6 Å². The Morgan fingerprint density at radius 1 is 1.00 bits per heavy atom. The number of pyridine rings is 1. The quantitative estimate of drug-likeness (QED) is 0.388. The number of nitrogens with one attached hydrogen (secondary N) is 2. The standard InChI is InChI=1S/C30H29ClN4O3/c31-23-4-1-20(2-5-23)17-33-30(37)26-19-35(24-6-7-27-22(16-24)9-10-32-27)28-8-3-21(15-25(28)29(26)36)18-34-11-13-38-14-12-34/h1-8,15-16,19,32H,9-14,17-18H2,(H,33,37). The molecule has 1 amide bonds. The van der Waals surface area contributed by atoms with Crippen LogP contribution in [0.25, 0.3) is 16.6 Å².